The van der Waals surface area contributed by atoms with Gasteiger partial charge in [0.25, 0.3) is 0 Å². The highest BCUT2D eigenvalue weighted by Gasteiger charge is 2.25. The van der Waals surface area contributed by atoms with Gasteiger partial charge in [-0.25, -0.2) is 0 Å². The maximum Gasteiger partial charge on any atom is 0.220 e. The second kappa shape index (κ2) is 10.2. The van der Waals surface area contributed by atoms with Gasteiger partial charge in [-0.3, -0.25) is 4.79 Å². The number of hydrogen-bond donors (Lipinski definition) is 3. The third kappa shape index (κ3) is 6.23. The first-order valence-electron chi connectivity index (χ1n) is 8.31. The molecule has 0 heterocycles. The van der Waals surface area contributed by atoms with Crippen LogP contribution >= 0.6 is 0 Å². The van der Waals surface area contributed by atoms with E-state index in [9.17, 15) is 9.90 Å². The van der Waals surface area contributed by atoms with Crippen molar-refractivity contribution >= 4 is 5.91 Å². The zero-order chi connectivity index (χ0) is 14.8. The summed E-state index contributed by atoms with van der Waals surface area (Å²) in [7, 11) is 0. The van der Waals surface area contributed by atoms with Gasteiger partial charge < -0.3 is 16.2 Å². The van der Waals surface area contributed by atoms with E-state index in [-0.39, 0.29) is 24.5 Å². The van der Waals surface area contributed by atoms with Gasteiger partial charge in [-0.15, -0.1) is 0 Å². The number of amides is 1. The molecule has 1 rings (SSSR count). The number of aliphatic hydroxyl groups excluding tert-OH is 1. The fraction of sp³-hybridized carbons (Fsp3) is 0.938. The Labute approximate surface area is 123 Å². The Morgan fingerprint density at radius 1 is 1.30 bits per heavy atom. The third-order valence-corrected chi connectivity index (χ3v) is 4.54. The van der Waals surface area contributed by atoms with Gasteiger partial charge in [-0.2, -0.15) is 0 Å². The molecule has 1 fully saturated rings. The summed E-state index contributed by atoms with van der Waals surface area (Å²) in [6.45, 7) is 3.08. The Morgan fingerprint density at radius 3 is 2.70 bits per heavy atom. The van der Waals surface area contributed by atoms with Crippen LogP contribution in [0.3, 0.4) is 0 Å². The van der Waals surface area contributed by atoms with Crippen molar-refractivity contribution in [1.29, 1.82) is 0 Å². The van der Waals surface area contributed by atoms with Gasteiger partial charge in [0.15, 0.2) is 0 Å². The number of carbonyl (C=O) groups excluding carboxylic acids is 1. The van der Waals surface area contributed by atoms with Gasteiger partial charge in [0.1, 0.15) is 0 Å². The van der Waals surface area contributed by atoms with Gasteiger partial charge >= 0.3 is 0 Å². The lowest BCUT2D eigenvalue weighted by atomic mass is 9.85. The van der Waals surface area contributed by atoms with Crippen LogP contribution in [0.1, 0.15) is 64.7 Å². The molecule has 1 saturated carbocycles. The van der Waals surface area contributed by atoms with Crippen molar-refractivity contribution in [2.45, 2.75) is 70.8 Å². The molecular formula is C16H32N2O2. The molecule has 4 heteroatoms. The van der Waals surface area contributed by atoms with Crippen molar-refractivity contribution in [3.63, 3.8) is 0 Å². The third-order valence-electron chi connectivity index (χ3n) is 4.54. The summed E-state index contributed by atoms with van der Waals surface area (Å²) in [6, 6.07) is 0.181. The zero-order valence-electron chi connectivity index (χ0n) is 12.9. The second-order valence-electron chi connectivity index (χ2n) is 6.17. The van der Waals surface area contributed by atoms with Crippen LogP contribution in [0, 0.1) is 11.8 Å². The summed E-state index contributed by atoms with van der Waals surface area (Å²) >= 11 is 0. The summed E-state index contributed by atoms with van der Waals surface area (Å²) in [5, 5.41) is 12.5. The van der Waals surface area contributed by atoms with E-state index in [0.717, 1.165) is 44.9 Å². The normalized spacial score (nSPS) is 24.4. The van der Waals surface area contributed by atoms with Crippen molar-refractivity contribution in [2.75, 3.05) is 13.2 Å². The molecule has 0 aliphatic heterocycles. The van der Waals surface area contributed by atoms with Crippen LogP contribution < -0.4 is 11.1 Å². The van der Waals surface area contributed by atoms with Crippen LogP contribution in [0.2, 0.25) is 0 Å². The summed E-state index contributed by atoms with van der Waals surface area (Å²) in [6.07, 6.45) is 9.25. The van der Waals surface area contributed by atoms with Crippen LogP contribution in [0.4, 0.5) is 0 Å². The van der Waals surface area contributed by atoms with Gasteiger partial charge in [0, 0.05) is 25.0 Å². The van der Waals surface area contributed by atoms with E-state index in [1.54, 1.807) is 0 Å². The number of rotatable bonds is 9. The molecule has 1 aliphatic carbocycles. The zero-order valence-corrected chi connectivity index (χ0v) is 12.9. The van der Waals surface area contributed by atoms with Crippen LogP contribution in [-0.2, 0) is 4.79 Å². The molecule has 0 saturated heterocycles. The molecule has 1 aliphatic rings. The van der Waals surface area contributed by atoms with Crippen LogP contribution in [0.25, 0.3) is 0 Å². The van der Waals surface area contributed by atoms with Crippen molar-refractivity contribution < 1.29 is 9.90 Å². The van der Waals surface area contributed by atoms with Crippen molar-refractivity contribution in [3.8, 4) is 0 Å². The monoisotopic (exact) mass is 284 g/mol. The first kappa shape index (κ1) is 17.4. The lowest BCUT2D eigenvalue weighted by Crippen LogP contribution is -2.43. The molecule has 4 N–H and O–H groups in total. The number of carbonyl (C=O) groups is 1. The van der Waals surface area contributed by atoms with E-state index in [1.165, 1.54) is 6.42 Å². The Kier molecular flexibility index (Phi) is 8.86. The predicted octanol–water partition coefficient (Wildman–Crippen LogP) is 2.20. The molecule has 3 atom stereocenters. The quantitative estimate of drug-likeness (QED) is 0.607. The fourth-order valence-electron chi connectivity index (χ4n) is 3.31. The van der Waals surface area contributed by atoms with E-state index < -0.39 is 0 Å². The van der Waals surface area contributed by atoms with Crippen LogP contribution in [0.5, 0.6) is 0 Å². The van der Waals surface area contributed by atoms with Gasteiger partial charge in [-0.1, -0.05) is 32.6 Å². The smallest absolute Gasteiger partial charge is 0.220 e. The summed E-state index contributed by atoms with van der Waals surface area (Å²) in [4.78, 5) is 12.1. The van der Waals surface area contributed by atoms with Gasteiger partial charge in [-0.05, 0) is 38.1 Å². The van der Waals surface area contributed by atoms with E-state index in [0.29, 0.717) is 18.9 Å². The summed E-state index contributed by atoms with van der Waals surface area (Å²) in [5.74, 6) is 0.979. The molecule has 0 spiro atoms. The van der Waals surface area contributed by atoms with Crippen molar-refractivity contribution in [1.82, 2.24) is 5.32 Å². The molecule has 0 bridgehead atoms. The Balaban J connectivity index is 2.30. The maximum atomic E-state index is 12.1. The minimum absolute atomic E-state index is 0.147. The molecule has 0 aromatic heterocycles. The first-order chi connectivity index (χ1) is 9.71. The second-order valence-corrected chi connectivity index (χ2v) is 6.17. The van der Waals surface area contributed by atoms with Gasteiger partial charge in [0.05, 0.1) is 0 Å². The highest BCUT2D eigenvalue weighted by molar-refractivity contribution is 5.76. The largest absolute Gasteiger partial charge is 0.396 e. The molecular weight excluding hydrogens is 252 g/mol. The number of aliphatic hydroxyl groups is 1. The maximum absolute atomic E-state index is 12.1. The Morgan fingerprint density at radius 2 is 2.05 bits per heavy atom. The summed E-state index contributed by atoms with van der Waals surface area (Å²) < 4.78 is 0. The molecule has 20 heavy (non-hydrogen) atoms. The number of nitrogens with one attached hydrogen (secondary N) is 1. The molecule has 0 radical (unpaired) electrons. The van der Waals surface area contributed by atoms with Gasteiger partial charge in [0.2, 0.25) is 5.91 Å². The minimum Gasteiger partial charge on any atom is -0.396 e. The highest BCUT2D eigenvalue weighted by atomic mass is 16.3. The van der Waals surface area contributed by atoms with Crippen LogP contribution in [0.15, 0.2) is 0 Å². The Bertz CT molecular complexity index is 265. The number of hydrogen-bond acceptors (Lipinski definition) is 3. The van der Waals surface area contributed by atoms with Crippen molar-refractivity contribution in [3.05, 3.63) is 0 Å². The van der Waals surface area contributed by atoms with Crippen LogP contribution in [-0.4, -0.2) is 30.2 Å². The van der Waals surface area contributed by atoms with E-state index in [2.05, 4.69) is 12.2 Å². The Hall–Kier alpha value is -0.610. The van der Waals surface area contributed by atoms with Crippen molar-refractivity contribution in [2.24, 2.45) is 17.6 Å². The molecule has 118 valence electrons. The average molecular weight is 284 g/mol. The summed E-state index contributed by atoms with van der Waals surface area (Å²) in [5.41, 5.74) is 5.62. The molecule has 1 amide bonds. The molecule has 3 unspecified atom stereocenters. The fourth-order valence-corrected chi connectivity index (χ4v) is 3.31. The minimum atomic E-state index is 0.147. The average Bonchev–Trinajstić information content (AvgIpc) is 2.46. The lowest BCUT2D eigenvalue weighted by molar-refractivity contribution is -0.122. The number of nitrogens with two attached hydrogens (primary N) is 1. The highest BCUT2D eigenvalue weighted by Crippen LogP contribution is 2.24. The predicted molar refractivity (Wildman–Crippen MR) is 82.3 cm³/mol. The van der Waals surface area contributed by atoms with E-state index in [1.807, 2.05) is 0 Å². The van der Waals surface area contributed by atoms with E-state index in [4.69, 9.17) is 5.73 Å². The first-order valence-corrected chi connectivity index (χ1v) is 8.31. The molecule has 4 nitrogen and oxygen atoms in total. The SMILES string of the molecule is CCCC(CCN)CCC(=O)NC1CCCCC1CO. The molecule has 0 aromatic carbocycles. The van der Waals surface area contributed by atoms with E-state index >= 15 is 0 Å². The topological polar surface area (TPSA) is 75.4 Å². The standard InChI is InChI=1S/C16H32N2O2/c1-2-5-13(10-11-17)8-9-16(20)18-15-7-4-3-6-14(15)12-19/h13-15,19H,2-12,17H2,1H3,(H,18,20). The lowest BCUT2D eigenvalue weighted by Gasteiger charge is -2.31. The molecule has 0 aromatic rings.